The SMILES string of the molecule is CN(CC(N)=O)C(=O)COc1cccc(N)c1. The Morgan fingerprint density at radius 3 is 2.71 bits per heavy atom. The number of hydrogen-bond donors (Lipinski definition) is 2. The van der Waals surface area contributed by atoms with E-state index in [1.807, 2.05) is 0 Å². The zero-order chi connectivity index (χ0) is 12.8. The van der Waals surface area contributed by atoms with Crippen LogP contribution >= 0.6 is 0 Å². The van der Waals surface area contributed by atoms with Crippen LogP contribution in [0.25, 0.3) is 0 Å². The Morgan fingerprint density at radius 1 is 1.41 bits per heavy atom. The van der Waals surface area contributed by atoms with Gasteiger partial charge >= 0.3 is 0 Å². The van der Waals surface area contributed by atoms with Gasteiger partial charge in [0.2, 0.25) is 5.91 Å². The van der Waals surface area contributed by atoms with Crippen LogP contribution in [-0.4, -0.2) is 36.9 Å². The molecule has 0 aliphatic carbocycles. The van der Waals surface area contributed by atoms with Crippen LogP contribution in [0.2, 0.25) is 0 Å². The zero-order valence-electron chi connectivity index (χ0n) is 9.55. The molecule has 0 saturated heterocycles. The third-order valence-electron chi connectivity index (χ3n) is 2.04. The summed E-state index contributed by atoms with van der Waals surface area (Å²) >= 11 is 0. The fourth-order valence-electron chi connectivity index (χ4n) is 1.18. The molecular weight excluding hydrogens is 222 g/mol. The monoisotopic (exact) mass is 237 g/mol. The van der Waals surface area contributed by atoms with Crippen LogP contribution in [0.3, 0.4) is 0 Å². The van der Waals surface area contributed by atoms with E-state index in [9.17, 15) is 9.59 Å². The van der Waals surface area contributed by atoms with Crippen LogP contribution in [-0.2, 0) is 9.59 Å². The minimum Gasteiger partial charge on any atom is -0.484 e. The van der Waals surface area contributed by atoms with E-state index in [1.54, 1.807) is 24.3 Å². The van der Waals surface area contributed by atoms with E-state index in [0.717, 1.165) is 0 Å². The maximum Gasteiger partial charge on any atom is 0.260 e. The highest BCUT2D eigenvalue weighted by atomic mass is 16.5. The fourth-order valence-corrected chi connectivity index (χ4v) is 1.18. The molecule has 1 aromatic carbocycles. The predicted molar refractivity (Wildman–Crippen MR) is 63.2 cm³/mol. The van der Waals surface area contributed by atoms with Crippen molar-refractivity contribution in [1.29, 1.82) is 0 Å². The van der Waals surface area contributed by atoms with Crippen LogP contribution < -0.4 is 16.2 Å². The third-order valence-corrected chi connectivity index (χ3v) is 2.04. The Hall–Kier alpha value is -2.24. The van der Waals surface area contributed by atoms with Gasteiger partial charge in [-0.15, -0.1) is 0 Å². The van der Waals surface area contributed by atoms with E-state index < -0.39 is 5.91 Å². The molecule has 4 N–H and O–H groups in total. The molecule has 6 nitrogen and oxygen atoms in total. The van der Waals surface area contributed by atoms with Crippen molar-refractivity contribution < 1.29 is 14.3 Å². The van der Waals surface area contributed by atoms with E-state index >= 15 is 0 Å². The first-order valence-electron chi connectivity index (χ1n) is 4.99. The van der Waals surface area contributed by atoms with Crippen molar-refractivity contribution >= 4 is 17.5 Å². The maximum atomic E-state index is 11.5. The van der Waals surface area contributed by atoms with Gasteiger partial charge in [0.15, 0.2) is 6.61 Å². The number of likely N-dealkylation sites (N-methyl/N-ethyl adjacent to an activating group) is 1. The molecule has 0 radical (unpaired) electrons. The molecule has 0 atom stereocenters. The largest absolute Gasteiger partial charge is 0.484 e. The van der Waals surface area contributed by atoms with E-state index in [1.165, 1.54) is 11.9 Å². The van der Waals surface area contributed by atoms with Crippen LogP contribution in [0.15, 0.2) is 24.3 Å². The molecule has 1 aromatic rings. The Balaban J connectivity index is 2.45. The second-order valence-electron chi connectivity index (χ2n) is 3.58. The molecule has 0 fully saturated rings. The summed E-state index contributed by atoms with van der Waals surface area (Å²) in [6, 6.07) is 6.75. The summed E-state index contributed by atoms with van der Waals surface area (Å²) < 4.78 is 5.23. The molecule has 6 heteroatoms. The number of anilines is 1. The Labute approximate surface area is 99.1 Å². The summed E-state index contributed by atoms with van der Waals surface area (Å²) in [5.74, 6) is -0.387. The summed E-state index contributed by atoms with van der Waals surface area (Å²) in [6.07, 6.45) is 0. The molecule has 0 aliphatic heterocycles. The molecular formula is C11H15N3O3. The van der Waals surface area contributed by atoms with Gasteiger partial charge in [-0.25, -0.2) is 0 Å². The molecule has 1 rings (SSSR count). The standard InChI is InChI=1S/C11H15N3O3/c1-14(6-10(13)15)11(16)7-17-9-4-2-3-8(12)5-9/h2-5H,6-7,12H2,1H3,(H2,13,15). The van der Waals surface area contributed by atoms with Crippen LogP contribution in [0.1, 0.15) is 0 Å². The average Bonchev–Trinajstić information content (AvgIpc) is 2.25. The number of ether oxygens (including phenoxy) is 1. The number of benzene rings is 1. The third kappa shape index (κ3) is 4.42. The van der Waals surface area contributed by atoms with Gasteiger partial charge in [-0.3, -0.25) is 9.59 Å². The van der Waals surface area contributed by atoms with Gasteiger partial charge < -0.3 is 21.1 Å². The van der Waals surface area contributed by atoms with Crippen molar-refractivity contribution in [2.24, 2.45) is 5.73 Å². The minimum atomic E-state index is -0.565. The minimum absolute atomic E-state index is 0.126. The van der Waals surface area contributed by atoms with Gasteiger partial charge in [0.1, 0.15) is 5.75 Å². The summed E-state index contributed by atoms with van der Waals surface area (Å²) in [4.78, 5) is 23.3. The molecule has 0 heterocycles. The van der Waals surface area contributed by atoms with Gasteiger partial charge in [0, 0.05) is 18.8 Å². The number of nitrogens with two attached hydrogens (primary N) is 2. The predicted octanol–water partition coefficient (Wildman–Crippen LogP) is -0.409. The van der Waals surface area contributed by atoms with Gasteiger partial charge in [0.25, 0.3) is 5.91 Å². The topological polar surface area (TPSA) is 98.6 Å². The zero-order valence-corrected chi connectivity index (χ0v) is 9.55. The normalized spacial score (nSPS) is 9.71. The van der Waals surface area contributed by atoms with E-state index in [-0.39, 0.29) is 19.1 Å². The van der Waals surface area contributed by atoms with Crippen molar-refractivity contribution in [2.75, 3.05) is 25.9 Å². The van der Waals surface area contributed by atoms with Crippen molar-refractivity contribution in [2.45, 2.75) is 0 Å². The second-order valence-corrected chi connectivity index (χ2v) is 3.58. The molecule has 0 aromatic heterocycles. The van der Waals surface area contributed by atoms with Gasteiger partial charge in [0.05, 0.1) is 6.54 Å². The number of nitrogens with zero attached hydrogens (tertiary/aromatic N) is 1. The molecule has 92 valence electrons. The second kappa shape index (κ2) is 5.74. The highest BCUT2D eigenvalue weighted by Gasteiger charge is 2.11. The number of primary amides is 1. The first-order valence-corrected chi connectivity index (χ1v) is 4.99. The first-order chi connectivity index (χ1) is 7.99. The van der Waals surface area contributed by atoms with Gasteiger partial charge in [-0.2, -0.15) is 0 Å². The van der Waals surface area contributed by atoms with Crippen LogP contribution in [0.5, 0.6) is 5.75 Å². The number of hydrogen-bond acceptors (Lipinski definition) is 4. The van der Waals surface area contributed by atoms with Crippen molar-refractivity contribution in [3.8, 4) is 5.75 Å². The van der Waals surface area contributed by atoms with Crippen LogP contribution in [0.4, 0.5) is 5.69 Å². The Bertz CT molecular complexity index is 420. The van der Waals surface area contributed by atoms with Crippen LogP contribution in [0, 0.1) is 0 Å². The van der Waals surface area contributed by atoms with Crippen molar-refractivity contribution in [1.82, 2.24) is 4.90 Å². The highest BCUT2D eigenvalue weighted by Crippen LogP contribution is 2.14. The van der Waals surface area contributed by atoms with Gasteiger partial charge in [-0.1, -0.05) is 6.07 Å². The maximum absolute atomic E-state index is 11.5. The van der Waals surface area contributed by atoms with Crippen molar-refractivity contribution in [3.63, 3.8) is 0 Å². The van der Waals surface area contributed by atoms with E-state index in [2.05, 4.69) is 0 Å². The van der Waals surface area contributed by atoms with E-state index in [4.69, 9.17) is 16.2 Å². The lowest BCUT2D eigenvalue weighted by Gasteiger charge is -2.15. The number of carbonyl (C=O) groups excluding carboxylic acids is 2. The quantitative estimate of drug-likeness (QED) is 0.680. The summed E-state index contributed by atoms with van der Waals surface area (Å²) in [5, 5.41) is 0. The first kappa shape index (κ1) is 12.8. The molecule has 2 amide bonds. The summed E-state index contributed by atoms with van der Waals surface area (Å²) in [5.41, 5.74) is 11.1. The average molecular weight is 237 g/mol. The molecule has 0 spiro atoms. The lowest BCUT2D eigenvalue weighted by molar-refractivity contribution is -0.135. The Morgan fingerprint density at radius 2 is 2.12 bits per heavy atom. The molecule has 0 unspecified atom stereocenters. The van der Waals surface area contributed by atoms with Crippen molar-refractivity contribution in [3.05, 3.63) is 24.3 Å². The lowest BCUT2D eigenvalue weighted by atomic mass is 10.3. The number of nitrogen functional groups attached to an aromatic ring is 1. The fraction of sp³-hybridized carbons (Fsp3) is 0.273. The number of rotatable bonds is 5. The number of amides is 2. The highest BCUT2D eigenvalue weighted by molar-refractivity contribution is 5.84. The van der Waals surface area contributed by atoms with E-state index in [0.29, 0.717) is 11.4 Å². The smallest absolute Gasteiger partial charge is 0.260 e. The lowest BCUT2D eigenvalue weighted by Crippen LogP contribution is -2.38. The van der Waals surface area contributed by atoms with Gasteiger partial charge in [-0.05, 0) is 12.1 Å². The molecule has 17 heavy (non-hydrogen) atoms. The molecule has 0 saturated carbocycles. The molecule has 0 aliphatic rings. The summed E-state index contributed by atoms with van der Waals surface area (Å²) in [7, 11) is 1.48. The molecule has 0 bridgehead atoms. The summed E-state index contributed by atoms with van der Waals surface area (Å²) in [6.45, 7) is -0.285. The Kier molecular flexibility index (Phi) is 4.33. The number of carbonyl (C=O) groups is 2.